The summed E-state index contributed by atoms with van der Waals surface area (Å²) in [6.45, 7) is -1.06. The molecule has 0 aliphatic heterocycles. The molecule has 0 unspecified atom stereocenters. The van der Waals surface area contributed by atoms with Crippen LogP contribution in [-0.2, 0) is 21.2 Å². The molecule has 1 heterocycles. The van der Waals surface area contributed by atoms with Gasteiger partial charge in [-0.1, -0.05) is 18.2 Å². The van der Waals surface area contributed by atoms with Gasteiger partial charge >= 0.3 is 0 Å². The van der Waals surface area contributed by atoms with Crippen LogP contribution >= 0.6 is 0 Å². The Hall–Kier alpha value is -4.61. The molecule has 0 saturated heterocycles. The summed E-state index contributed by atoms with van der Waals surface area (Å²) in [5, 5.41) is 13.1. The van der Waals surface area contributed by atoms with Crippen LogP contribution in [-0.4, -0.2) is 39.4 Å². The van der Waals surface area contributed by atoms with Gasteiger partial charge in [-0.15, -0.1) is 0 Å². The molecule has 0 saturated carbocycles. The number of benzene rings is 3. The van der Waals surface area contributed by atoms with Crippen LogP contribution in [0.15, 0.2) is 66.7 Å². The minimum atomic E-state index is -3.67. The number of hydrogen-bond acceptors (Lipinski definition) is 7. The number of rotatable bonds is 10. The Balaban J connectivity index is 1.66. The highest BCUT2D eigenvalue weighted by molar-refractivity contribution is 7.67. The Morgan fingerprint density at radius 2 is 1.88 bits per heavy atom. The van der Waals surface area contributed by atoms with Gasteiger partial charge in [0.05, 0.1) is 17.3 Å². The molecule has 40 heavy (non-hydrogen) atoms. The number of hydroxylamine groups is 1. The van der Waals surface area contributed by atoms with Crippen LogP contribution < -0.4 is 15.1 Å². The lowest BCUT2D eigenvalue weighted by molar-refractivity contribution is 0.0421. The third-order valence-corrected chi connectivity index (χ3v) is 6.04. The Bertz CT molecular complexity index is 1680. The van der Waals surface area contributed by atoms with E-state index in [2.05, 4.69) is 14.6 Å². The summed E-state index contributed by atoms with van der Waals surface area (Å²) in [4.78, 5) is 15.8. The number of amides is 1. The number of fused-ring (bicyclic) bond motifs is 1. The predicted molar refractivity (Wildman–Crippen MR) is 138 cm³/mol. The first-order valence-corrected chi connectivity index (χ1v) is 12.5. The molecular formula is C26H20F4N4O5S. The lowest BCUT2D eigenvalue weighted by Gasteiger charge is -2.20. The van der Waals surface area contributed by atoms with Gasteiger partial charge in [0.2, 0.25) is 0 Å². The number of nitrogens with zero attached hydrogens (tertiary/aromatic N) is 2. The molecule has 208 valence electrons. The van der Waals surface area contributed by atoms with E-state index in [0.717, 1.165) is 35.4 Å². The second kappa shape index (κ2) is 11.6. The first-order chi connectivity index (χ1) is 19.0. The number of hydrogen-bond donors (Lipinski definition) is 3. The Kier molecular flexibility index (Phi) is 8.26. The number of nitriles is 1. The Morgan fingerprint density at radius 1 is 1.10 bits per heavy atom. The number of anilines is 2. The molecule has 3 aromatic carbocycles. The van der Waals surface area contributed by atoms with Crippen molar-refractivity contribution in [1.29, 1.82) is 5.26 Å². The monoisotopic (exact) mass is 576 g/mol. The SMILES string of the molecule is CN(O[SH](=O)=O)c1ccc2cc(C(=O)Nc3cc(OCC(F)F)cc(C(F)(F)c4cccc(C#N)c4)c3)[nH]c2c1. The first-order valence-electron chi connectivity index (χ1n) is 11.4. The molecule has 0 aliphatic carbocycles. The van der Waals surface area contributed by atoms with Crippen LogP contribution in [0.25, 0.3) is 10.9 Å². The van der Waals surface area contributed by atoms with E-state index in [9.17, 15) is 22.0 Å². The van der Waals surface area contributed by atoms with E-state index in [-0.39, 0.29) is 22.7 Å². The number of ether oxygens (including phenoxy) is 1. The van der Waals surface area contributed by atoms with Gasteiger partial charge in [0, 0.05) is 40.8 Å². The number of halogens is 4. The second-order valence-corrected chi connectivity index (χ2v) is 9.04. The number of carbonyl (C=O) groups is 1. The van der Waals surface area contributed by atoms with Crippen molar-refractivity contribution in [2.24, 2.45) is 0 Å². The zero-order valence-electron chi connectivity index (χ0n) is 20.5. The third kappa shape index (κ3) is 6.50. The number of H-pyrrole nitrogens is 1. The van der Waals surface area contributed by atoms with Crippen molar-refractivity contribution in [3.05, 3.63) is 89.1 Å². The van der Waals surface area contributed by atoms with Gasteiger partial charge in [-0.05, 0) is 42.5 Å². The van der Waals surface area contributed by atoms with E-state index in [0.29, 0.717) is 16.6 Å². The minimum Gasteiger partial charge on any atom is -0.488 e. The van der Waals surface area contributed by atoms with Crippen LogP contribution in [0.2, 0.25) is 0 Å². The third-order valence-electron chi connectivity index (χ3n) is 5.66. The fraction of sp³-hybridized carbons (Fsp3) is 0.154. The fourth-order valence-electron chi connectivity index (χ4n) is 3.82. The van der Waals surface area contributed by atoms with Gasteiger partial charge in [0.15, 0.2) is 0 Å². The average molecular weight is 577 g/mol. The van der Waals surface area contributed by atoms with Crippen molar-refractivity contribution >= 4 is 39.2 Å². The number of aromatic amines is 1. The molecule has 4 rings (SSSR count). The molecule has 2 N–H and O–H groups in total. The highest BCUT2D eigenvalue weighted by Crippen LogP contribution is 2.39. The van der Waals surface area contributed by atoms with Crippen molar-refractivity contribution in [2.45, 2.75) is 12.3 Å². The molecule has 0 fully saturated rings. The summed E-state index contributed by atoms with van der Waals surface area (Å²) in [6, 6.07) is 15.7. The second-order valence-electron chi connectivity index (χ2n) is 8.43. The van der Waals surface area contributed by atoms with Crippen molar-refractivity contribution in [2.75, 3.05) is 24.0 Å². The summed E-state index contributed by atoms with van der Waals surface area (Å²) in [7, 11) is -1.78. The average Bonchev–Trinajstić information content (AvgIpc) is 3.35. The van der Waals surface area contributed by atoms with Crippen molar-refractivity contribution < 1.29 is 39.8 Å². The van der Waals surface area contributed by atoms with Gasteiger partial charge in [0.1, 0.15) is 18.1 Å². The number of alkyl halides is 4. The van der Waals surface area contributed by atoms with E-state index >= 15 is 8.78 Å². The number of aromatic nitrogens is 1. The molecule has 0 aliphatic rings. The maximum atomic E-state index is 15.5. The van der Waals surface area contributed by atoms with Crippen LogP contribution in [0.5, 0.6) is 5.75 Å². The molecule has 0 radical (unpaired) electrons. The topological polar surface area (TPSA) is 125 Å². The molecule has 14 heteroatoms. The van der Waals surface area contributed by atoms with Gasteiger partial charge in [-0.25, -0.2) is 22.3 Å². The largest absolute Gasteiger partial charge is 0.488 e. The zero-order chi connectivity index (χ0) is 29.0. The lowest BCUT2D eigenvalue weighted by atomic mass is 9.98. The smallest absolute Gasteiger partial charge is 0.298 e. The summed E-state index contributed by atoms with van der Waals surface area (Å²) in [5.74, 6) is -4.74. The van der Waals surface area contributed by atoms with Crippen molar-refractivity contribution in [3.63, 3.8) is 0 Å². The summed E-state index contributed by atoms with van der Waals surface area (Å²) < 4.78 is 87.6. The minimum absolute atomic E-state index is 0.00243. The predicted octanol–water partition coefficient (Wildman–Crippen LogP) is 4.97. The first kappa shape index (κ1) is 28.4. The van der Waals surface area contributed by atoms with Crippen LogP contribution in [0.4, 0.5) is 28.9 Å². The normalized spacial score (nSPS) is 11.6. The van der Waals surface area contributed by atoms with Crippen LogP contribution in [0.1, 0.15) is 27.2 Å². The molecule has 1 amide bonds. The van der Waals surface area contributed by atoms with Gasteiger partial charge in [-0.2, -0.15) is 18.3 Å². The number of carbonyl (C=O) groups excluding carboxylic acids is 1. The maximum absolute atomic E-state index is 15.5. The molecule has 0 atom stereocenters. The van der Waals surface area contributed by atoms with E-state index in [1.165, 1.54) is 31.3 Å². The van der Waals surface area contributed by atoms with Gasteiger partial charge < -0.3 is 15.0 Å². The van der Waals surface area contributed by atoms with Crippen LogP contribution in [0, 0.1) is 11.3 Å². The Labute approximate surface area is 226 Å². The zero-order valence-corrected chi connectivity index (χ0v) is 21.4. The van der Waals surface area contributed by atoms with E-state index < -0.39 is 47.0 Å². The van der Waals surface area contributed by atoms with Crippen LogP contribution in [0.3, 0.4) is 0 Å². The molecule has 0 spiro atoms. The fourth-order valence-corrected chi connectivity index (χ4v) is 4.12. The number of nitrogens with one attached hydrogen (secondary N) is 2. The Morgan fingerprint density at radius 3 is 2.58 bits per heavy atom. The quantitative estimate of drug-likeness (QED) is 0.138. The summed E-state index contributed by atoms with van der Waals surface area (Å²) in [5.41, 5.74) is -0.511. The summed E-state index contributed by atoms with van der Waals surface area (Å²) in [6.07, 6.45) is -2.87. The van der Waals surface area contributed by atoms with Crippen molar-refractivity contribution in [3.8, 4) is 11.8 Å². The van der Waals surface area contributed by atoms with E-state index in [1.807, 2.05) is 0 Å². The molecule has 4 aromatic rings. The molecule has 9 nitrogen and oxygen atoms in total. The summed E-state index contributed by atoms with van der Waals surface area (Å²) >= 11 is 0. The number of thiol groups is 1. The lowest BCUT2D eigenvalue weighted by Crippen LogP contribution is -2.18. The molecule has 0 bridgehead atoms. The molecule has 1 aromatic heterocycles. The van der Waals surface area contributed by atoms with E-state index in [4.69, 9.17) is 10.00 Å². The highest BCUT2D eigenvalue weighted by Gasteiger charge is 2.35. The standard InChI is InChI=1S/C26H20F4N4O5S/c1-34(39-40(36)37)20-6-5-16-8-23(33-22(16)12-20)25(35)32-19-9-18(10-21(11-19)38-14-24(27)28)26(29,30)17-4-2-3-15(7-17)13-31/h2-12,24,33,40H,14H2,1H3,(H,32,35). The maximum Gasteiger partial charge on any atom is 0.298 e. The molecular weight excluding hydrogens is 556 g/mol. The van der Waals surface area contributed by atoms with Gasteiger partial charge in [0.25, 0.3) is 29.2 Å². The van der Waals surface area contributed by atoms with Crippen molar-refractivity contribution in [1.82, 2.24) is 4.98 Å². The van der Waals surface area contributed by atoms with Gasteiger partial charge in [-0.3, -0.25) is 4.79 Å². The van der Waals surface area contributed by atoms with E-state index in [1.54, 1.807) is 18.2 Å². The highest BCUT2D eigenvalue weighted by atomic mass is 32.2.